The number of nitrogens with zero attached hydrogens (tertiary/aromatic N) is 1. The Kier molecular flexibility index (Phi) is 2.69. The van der Waals surface area contributed by atoms with E-state index in [1.807, 2.05) is 0 Å². The van der Waals surface area contributed by atoms with Gasteiger partial charge >= 0.3 is 0 Å². The molecule has 0 atom stereocenters. The number of rotatable bonds is 2. The summed E-state index contributed by atoms with van der Waals surface area (Å²) >= 11 is 5.77. The average Bonchev–Trinajstić information content (AvgIpc) is 2.56. The van der Waals surface area contributed by atoms with Crippen molar-refractivity contribution in [3.63, 3.8) is 0 Å². The molecule has 1 amide bonds. The minimum Gasteiger partial charge on any atom is -0.326 e. The zero-order chi connectivity index (χ0) is 12.8. The predicted octanol–water partition coefficient (Wildman–Crippen LogP) is 3.36. The van der Waals surface area contributed by atoms with Gasteiger partial charge in [-0.1, -0.05) is 39.3 Å². The molecule has 0 bridgehead atoms. The smallest absolute Gasteiger partial charge is 0.228 e. The van der Waals surface area contributed by atoms with Crippen LogP contribution in [0.25, 0.3) is 0 Å². The molecule has 1 aromatic heterocycles. The van der Waals surface area contributed by atoms with Crippen LogP contribution in [0.3, 0.4) is 0 Å². The number of nitrogens with one attached hydrogen (secondary N) is 1. The Morgan fingerprint density at radius 3 is 2.41 bits per heavy atom. The van der Waals surface area contributed by atoms with Gasteiger partial charge in [0.2, 0.25) is 5.91 Å². The summed E-state index contributed by atoms with van der Waals surface area (Å²) < 4.78 is 0. The molecule has 17 heavy (non-hydrogen) atoms. The van der Waals surface area contributed by atoms with Gasteiger partial charge in [0.25, 0.3) is 0 Å². The number of carbonyl (C=O) groups is 1. The molecule has 1 aromatic rings. The Morgan fingerprint density at radius 1 is 1.35 bits per heavy atom. The van der Waals surface area contributed by atoms with Crippen LogP contribution in [0.5, 0.6) is 0 Å². The van der Waals surface area contributed by atoms with Gasteiger partial charge in [0.15, 0.2) is 0 Å². The summed E-state index contributed by atoms with van der Waals surface area (Å²) in [7, 11) is 0. The molecule has 92 valence electrons. The third-order valence-electron chi connectivity index (χ3n) is 4.28. The quantitative estimate of drug-likeness (QED) is 0.820. The van der Waals surface area contributed by atoms with Crippen molar-refractivity contribution in [2.45, 2.75) is 27.7 Å². The monoisotopic (exact) mass is 252 g/mol. The summed E-state index contributed by atoms with van der Waals surface area (Å²) in [4.78, 5) is 16.0. The van der Waals surface area contributed by atoms with Crippen LogP contribution < -0.4 is 5.32 Å². The maximum absolute atomic E-state index is 12.1. The number of halogens is 1. The van der Waals surface area contributed by atoms with Gasteiger partial charge in [0.05, 0.1) is 0 Å². The maximum Gasteiger partial charge on any atom is 0.228 e. The summed E-state index contributed by atoms with van der Waals surface area (Å²) in [5, 5.41) is 3.28. The zero-order valence-corrected chi connectivity index (χ0v) is 11.3. The first-order valence-corrected chi connectivity index (χ1v) is 6.07. The molecule has 1 fully saturated rings. The lowest BCUT2D eigenvalue weighted by atomic mass is 10.0. The Balaban J connectivity index is 2.10. The normalized spacial score (nSPS) is 21.0. The first-order valence-electron chi connectivity index (χ1n) is 5.69. The standard InChI is InChI=1S/C13H17ClN2O/c1-12(2)10(13(12,3)4)11(17)16-8-5-6-15-9(14)7-8/h5-7,10H,1-4H3,(H,15,16,17). The second-order valence-corrected chi connectivity index (χ2v) is 6.12. The number of carbonyl (C=O) groups excluding carboxylic acids is 1. The summed E-state index contributed by atoms with van der Waals surface area (Å²) in [6.45, 7) is 8.49. The third kappa shape index (κ3) is 1.93. The Bertz CT molecular complexity index is 454. The van der Waals surface area contributed by atoms with Crippen LogP contribution in [0.15, 0.2) is 18.3 Å². The summed E-state index contributed by atoms with van der Waals surface area (Å²) in [5.41, 5.74) is 0.801. The van der Waals surface area contributed by atoms with Gasteiger partial charge in [-0.25, -0.2) is 4.98 Å². The van der Waals surface area contributed by atoms with E-state index in [4.69, 9.17) is 11.6 Å². The first-order chi connectivity index (χ1) is 7.76. The highest BCUT2D eigenvalue weighted by Crippen LogP contribution is 2.68. The van der Waals surface area contributed by atoms with Crippen molar-refractivity contribution in [3.8, 4) is 0 Å². The molecule has 0 aliphatic heterocycles. The van der Waals surface area contributed by atoms with Crippen LogP contribution in [0.2, 0.25) is 5.15 Å². The summed E-state index contributed by atoms with van der Waals surface area (Å²) in [6.07, 6.45) is 1.58. The highest BCUT2D eigenvalue weighted by Gasteiger charge is 2.68. The summed E-state index contributed by atoms with van der Waals surface area (Å²) in [6, 6.07) is 3.40. The number of hydrogen-bond donors (Lipinski definition) is 1. The van der Waals surface area contributed by atoms with Crippen LogP contribution in [0.4, 0.5) is 5.69 Å². The van der Waals surface area contributed by atoms with Crippen LogP contribution in [0, 0.1) is 16.7 Å². The van der Waals surface area contributed by atoms with E-state index in [1.54, 1.807) is 18.3 Å². The zero-order valence-electron chi connectivity index (χ0n) is 10.5. The van der Waals surface area contributed by atoms with Crippen molar-refractivity contribution in [3.05, 3.63) is 23.5 Å². The van der Waals surface area contributed by atoms with Crippen molar-refractivity contribution in [2.75, 3.05) is 5.32 Å². The molecule has 3 nitrogen and oxygen atoms in total. The molecule has 0 unspecified atom stereocenters. The van der Waals surface area contributed by atoms with Crippen LogP contribution in [0.1, 0.15) is 27.7 Å². The molecule has 1 heterocycles. The lowest BCUT2D eigenvalue weighted by molar-refractivity contribution is -0.118. The van der Waals surface area contributed by atoms with Crippen LogP contribution in [-0.2, 0) is 4.79 Å². The van der Waals surface area contributed by atoms with Gasteiger partial charge in [-0.15, -0.1) is 0 Å². The topological polar surface area (TPSA) is 42.0 Å². The molecule has 2 rings (SSSR count). The Morgan fingerprint density at radius 2 is 1.94 bits per heavy atom. The van der Waals surface area contributed by atoms with E-state index in [9.17, 15) is 4.79 Å². The molecule has 1 aliphatic carbocycles. The van der Waals surface area contributed by atoms with Gasteiger partial charge in [0.1, 0.15) is 5.15 Å². The second kappa shape index (κ2) is 3.70. The van der Waals surface area contributed by atoms with E-state index in [0.29, 0.717) is 10.8 Å². The van der Waals surface area contributed by atoms with Gasteiger partial charge in [-0.2, -0.15) is 0 Å². The van der Waals surface area contributed by atoms with Crippen LogP contribution >= 0.6 is 11.6 Å². The number of aromatic nitrogens is 1. The molecule has 0 radical (unpaired) electrons. The highest BCUT2D eigenvalue weighted by atomic mass is 35.5. The van der Waals surface area contributed by atoms with Crippen molar-refractivity contribution in [1.29, 1.82) is 0 Å². The van der Waals surface area contributed by atoms with Crippen molar-refractivity contribution < 1.29 is 4.79 Å². The lowest BCUT2D eigenvalue weighted by Gasteiger charge is -2.06. The number of amides is 1. The second-order valence-electron chi connectivity index (χ2n) is 5.73. The largest absolute Gasteiger partial charge is 0.326 e. The highest BCUT2D eigenvalue weighted by molar-refractivity contribution is 6.29. The molecule has 1 N–H and O–H groups in total. The lowest BCUT2D eigenvalue weighted by Crippen LogP contribution is -2.17. The fourth-order valence-corrected chi connectivity index (χ4v) is 2.72. The number of anilines is 1. The predicted molar refractivity (Wildman–Crippen MR) is 68.9 cm³/mol. The van der Waals surface area contributed by atoms with Crippen molar-refractivity contribution in [2.24, 2.45) is 16.7 Å². The number of hydrogen-bond acceptors (Lipinski definition) is 2. The molecule has 0 saturated heterocycles. The van der Waals surface area contributed by atoms with Crippen LogP contribution in [-0.4, -0.2) is 10.9 Å². The molecule has 1 aliphatic rings. The minimum absolute atomic E-state index is 0.0435. The Labute approximate surface area is 107 Å². The van der Waals surface area contributed by atoms with Gasteiger partial charge in [-0.3, -0.25) is 4.79 Å². The van der Waals surface area contributed by atoms with E-state index < -0.39 is 0 Å². The SMILES string of the molecule is CC1(C)C(C(=O)Nc2ccnc(Cl)c2)C1(C)C. The molecule has 0 spiro atoms. The molecule has 0 aromatic carbocycles. The molecular weight excluding hydrogens is 236 g/mol. The van der Waals surface area contributed by atoms with E-state index in [-0.39, 0.29) is 22.7 Å². The third-order valence-corrected chi connectivity index (χ3v) is 4.48. The van der Waals surface area contributed by atoms with Crippen molar-refractivity contribution in [1.82, 2.24) is 4.98 Å². The number of pyridine rings is 1. The fourth-order valence-electron chi connectivity index (χ4n) is 2.55. The maximum atomic E-state index is 12.1. The fraction of sp³-hybridized carbons (Fsp3) is 0.538. The van der Waals surface area contributed by atoms with E-state index >= 15 is 0 Å². The van der Waals surface area contributed by atoms with Gasteiger partial charge in [0, 0.05) is 17.8 Å². The van der Waals surface area contributed by atoms with Gasteiger partial charge < -0.3 is 5.32 Å². The Hall–Kier alpha value is -1.09. The molecular formula is C13H17ClN2O. The molecule has 4 heteroatoms. The minimum atomic E-state index is 0.0435. The van der Waals surface area contributed by atoms with E-state index in [0.717, 1.165) is 0 Å². The van der Waals surface area contributed by atoms with Gasteiger partial charge in [-0.05, 0) is 23.0 Å². The average molecular weight is 253 g/mol. The van der Waals surface area contributed by atoms with E-state index in [2.05, 4.69) is 38.0 Å². The van der Waals surface area contributed by atoms with Crippen molar-refractivity contribution >= 4 is 23.2 Å². The molecule has 1 saturated carbocycles. The summed E-state index contributed by atoms with van der Waals surface area (Å²) in [5.74, 6) is 0.101. The van der Waals surface area contributed by atoms with E-state index in [1.165, 1.54) is 0 Å². The first kappa shape index (κ1) is 12.4.